The molecule has 0 aromatic carbocycles. The van der Waals surface area contributed by atoms with Crippen molar-refractivity contribution in [2.45, 2.75) is 45.7 Å². The lowest BCUT2D eigenvalue weighted by Gasteiger charge is -2.28. The predicted molar refractivity (Wildman–Crippen MR) is 59.0 cm³/mol. The monoisotopic (exact) mass is 195 g/mol. The second kappa shape index (κ2) is 4.60. The fourth-order valence-corrected chi connectivity index (χ4v) is 1.38. The van der Waals surface area contributed by atoms with Gasteiger partial charge >= 0.3 is 0 Å². The van der Waals surface area contributed by atoms with E-state index in [1.807, 2.05) is 17.9 Å². The van der Waals surface area contributed by atoms with Gasteiger partial charge in [0.1, 0.15) is 0 Å². The average Bonchev–Trinajstić information content (AvgIpc) is 2.61. The number of rotatable bonds is 5. The van der Waals surface area contributed by atoms with Crippen LogP contribution in [-0.2, 0) is 13.6 Å². The molecule has 0 spiro atoms. The number of hydrogen-bond acceptors (Lipinski definition) is 2. The van der Waals surface area contributed by atoms with Gasteiger partial charge in [0.25, 0.3) is 0 Å². The van der Waals surface area contributed by atoms with E-state index < -0.39 is 0 Å². The van der Waals surface area contributed by atoms with Gasteiger partial charge in [-0.1, -0.05) is 13.8 Å². The molecule has 0 unspecified atom stereocenters. The first-order valence-electron chi connectivity index (χ1n) is 5.32. The Morgan fingerprint density at radius 3 is 2.50 bits per heavy atom. The van der Waals surface area contributed by atoms with Gasteiger partial charge in [0, 0.05) is 30.9 Å². The number of aromatic nitrogens is 2. The zero-order valence-electron chi connectivity index (χ0n) is 9.67. The van der Waals surface area contributed by atoms with Crippen molar-refractivity contribution in [3.63, 3.8) is 0 Å². The van der Waals surface area contributed by atoms with Crippen LogP contribution in [0, 0.1) is 0 Å². The molecule has 0 bridgehead atoms. The lowest BCUT2D eigenvalue weighted by Crippen LogP contribution is -2.40. The lowest BCUT2D eigenvalue weighted by atomic mass is 9.95. The molecule has 1 rings (SSSR count). The van der Waals surface area contributed by atoms with Crippen molar-refractivity contribution >= 4 is 0 Å². The van der Waals surface area contributed by atoms with Gasteiger partial charge in [-0.15, -0.1) is 0 Å². The minimum absolute atomic E-state index is 0.260. The van der Waals surface area contributed by atoms with Crippen molar-refractivity contribution in [1.29, 1.82) is 0 Å². The molecular formula is C11H21N3. The molecule has 1 heterocycles. The Morgan fingerprint density at radius 2 is 2.07 bits per heavy atom. The van der Waals surface area contributed by atoms with Crippen LogP contribution in [0.25, 0.3) is 0 Å². The van der Waals surface area contributed by atoms with Crippen molar-refractivity contribution in [3.05, 3.63) is 18.0 Å². The van der Waals surface area contributed by atoms with Gasteiger partial charge in [0.05, 0.1) is 6.20 Å². The molecule has 0 saturated carbocycles. The van der Waals surface area contributed by atoms with Crippen molar-refractivity contribution < 1.29 is 0 Å². The first-order valence-corrected chi connectivity index (χ1v) is 5.32. The molecule has 0 aliphatic heterocycles. The number of nitrogens with one attached hydrogen (secondary N) is 1. The number of aryl methyl sites for hydroxylation is 1. The maximum Gasteiger partial charge on any atom is 0.0534 e. The SMILES string of the molecule is CCC(C)(CC)NCc1cnn(C)c1. The first kappa shape index (κ1) is 11.2. The summed E-state index contributed by atoms with van der Waals surface area (Å²) in [6.07, 6.45) is 6.28. The number of nitrogens with zero attached hydrogens (tertiary/aromatic N) is 2. The topological polar surface area (TPSA) is 29.9 Å². The molecule has 1 aromatic rings. The minimum Gasteiger partial charge on any atom is -0.307 e. The van der Waals surface area contributed by atoms with Gasteiger partial charge in [-0.25, -0.2) is 0 Å². The Labute approximate surface area is 86.5 Å². The molecule has 80 valence electrons. The summed E-state index contributed by atoms with van der Waals surface area (Å²) >= 11 is 0. The zero-order valence-corrected chi connectivity index (χ0v) is 9.67. The van der Waals surface area contributed by atoms with E-state index in [4.69, 9.17) is 0 Å². The highest BCUT2D eigenvalue weighted by Crippen LogP contribution is 2.14. The van der Waals surface area contributed by atoms with Crippen molar-refractivity contribution in [2.75, 3.05) is 0 Å². The maximum atomic E-state index is 4.15. The molecule has 0 radical (unpaired) electrons. The quantitative estimate of drug-likeness (QED) is 0.779. The van der Waals surface area contributed by atoms with Crippen LogP contribution in [0.15, 0.2) is 12.4 Å². The Kier molecular flexibility index (Phi) is 3.69. The van der Waals surface area contributed by atoms with E-state index in [0.717, 1.165) is 19.4 Å². The molecule has 3 nitrogen and oxygen atoms in total. The molecule has 0 aliphatic rings. The van der Waals surface area contributed by atoms with E-state index >= 15 is 0 Å². The largest absolute Gasteiger partial charge is 0.307 e. The van der Waals surface area contributed by atoms with Crippen molar-refractivity contribution in [1.82, 2.24) is 15.1 Å². The van der Waals surface area contributed by atoms with Gasteiger partial charge in [0.15, 0.2) is 0 Å². The first-order chi connectivity index (χ1) is 6.59. The van der Waals surface area contributed by atoms with E-state index in [-0.39, 0.29) is 5.54 Å². The van der Waals surface area contributed by atoms with Crippen LogP contribution < -0.4 is 5.32 Å². The van der Waals surface area contributed by atoms with E-state index in [2.05, 4.69) is 37.4 Å². The summed E-state index contributed by atoms with van der Waals surface area (Å²) in [6, 6.07) is 0. The van der Waals surface area contributed by atoms with E-state index in [9.17, 15) is 0 Å². The summed E-state index contributed by atoms with van der Waals surface area (Å²) in [6.45, 7) is 7.62. The standard InChI is InChI=1S/C11H21N3/c1-5-11(3,6-2)12-7-10-8-13-14(4)9-10/h8-9,12H,5-7H2,1-4H3. The average molecular weight is 195 g/mol. The maximum absolute atomic E-state index is 4.15. The van der Waals surface area contributed by atoms with Crippen LogP contribution in [0.2, 0.25) is 0 Å². The van der Waals surface area contributed by atoms with Crippen molar-refractivity contribution in [2.24, 2.45) is 7.05 Å². The molecule has 0 atom stereocenters. The lowest BCUT2D eigenvalue weighted by molar-refractivity contribution is 0.329. The second-order valence-electron chi connectivity index (χ2n) is 4.14. The third kappa shape index (κ3) is 2.84. The minimum atomic E-state index is 0.260. The third-order valence-corrected chi connectivity index (χ3v) is 3.04. The van der Waals surface area contributed by atoms with Gasteiger partial charge in [-0.3, -0.25) is 4.68 Å². The Bertz CT molecular complexity index is 274. The second-order valence-corrected chi connectivity index (χ2v) is 4.14. The molecule has 14 heavy (non-hydrogen) atoms. The van der Waals surface area contributed by atoms with Gasteiger partial charge in [0.2, 0.25) is 0 Å². The number of hydrogen-bond donors (Lipinski definition) is 1. The van der Waals surface area contributed by atoms with Crippen LogP contribution in [0.1, 0.15) is 39.2 Å². The van der Waals surface area contributed by atoms with E-state index in [0.29, 0.717) is 0 Å². The summed E-state index contributed by atoms with van der Waals surface area (Å²) in [5.41, 5.74) is 1.51. The van der Waals surface area contributed by atoms with Crippen LogP contribution in [0.3, 0.4) is 0 Å². The highest BCUT2D eigenvalue weighted by molar-refractivity contribution is 5.03. The molecular weight excluding hydrogens is 174 g/mol. The normalized spacial score (nSPS) is 12.0. The van der Waals surface area contributed by atoms with Crippen LogP contribution in [-0.4, -0.2) is 15.3 Å². The Balaban J connectivity index is 2.47. The molecule has 0 fully saturated rings. The molecule has 0 aliphatic carbocycles. The fraction of sp³-hybridized carbons (Fsp3) is 0.727. The van der Waals surface area contributed by atoms with Crippen LogP contribution >= 0.6 is 0 Å². The predicted octanol–water partition coefficient (Wildman–Crippen LogP) is 2.09. The molecule has 3 heteroatoms. The highest BCUT2D eigenvalue weighted by Gasteiger charge is 2.18. The van der Waals surface area contributed by atoms with Crippen LogP contribution in [0.5, 0.6) is 0 Å². The van der Waals surface area contributed by atoms with E-state index in [1.165, 1.54) is 5.56 Å². The third-order valence-electron chi connectivity index (χ3n) is 3.04. The highest BCUT2D eigenvalue weighted by atomic mass is 15.2. The summed E-state index contributed by atoms with van der Waals surface area (Å²) < 4.78 is 1.84. The smallest absolute Gasteiger partial charge is 0.0534 e. The molecule has 0 saturated heterocycles. The Hall–Kier alpha value is -0.830. The van der Waals surface area contributed by atoms with Gasteiger partial charge < -0.3 is 5.32 Å². The zero-order chi connectivity index (χ0) is 10.6. The summed E-state index contributed by atoms with van der Waals surface area (Å²) in [5, 5.41) is 7.72. The summed E-state index contributed by atoms with van der Waals surface area (Å²) in [7, 11) is 1.95. The molecule has 1 N–H and O–H groups in total. The van der Waals surface area contributed by atoms with Gasteiger partial charge in [-0.2, -0.15) is 5.10 Å². The summed E-state index contributed by atoms with van der Waals surface area (Å²) in [5.74, 6) is 0. The summed E-state index contributed by atoms with van der Waals surface area (Å²) in [4.78, 5) is 0. The fourth-order valence-electron chi connectivity index (χ4n) is 1.38. The van der Waals surface area contributed by atoms with Crippen LogP contribution in [0.4, 0.5) is 0 Å². The van der Waals surface area contributed by atoms with E-state index in [1.54, 1.807) is 0 Å². The molecule has 0 amide bonds. The Morgan fingerprint density at radius 1 is 1.43 bits per heavy atom. The molecule has 1 aromatic heterocycles. The van der Waals surface area contributed by atoms with Crippen molar-refractivity contribution in [3.8, 4) is 0 Å². The van der Waals surface area contributed by atoms with Gasteiger partial charge in [-0.05, 0) is 19.8 Å².